The first kappa shape index (κ1) is 13.9. The van der Waals surface area contributed by atoms with Gasteiger partial charge in [-0.15, -0.1) is 0 Å². The van der Waals surface area contributed by atoms with Gasteiger partial charge >= 0.3 is 0 Å². The maximum Gasteiger partial charge on any atom is 0.264 e. The summed E-state index contributed by atoms with van der Waals surface area (Å²) >= 11 is 0. The Labute approximate surface area is 95.6 Å². The molecule has 3 atom stereocenters. The third-order valence-corrected chi connectivity index (χ3v) is 2.84. The van der Waals surface area contributed by atoms with Crippen LogP contribution in [0.15, 0.2) is 0 Å². The lowest BCUT2D eigenvalue weighted by atomic mass is 10.1. The van der Waals surface area contributed by atoms with Crippen molar-refractivity contribution in [2.24, 2.45) is 0 Å². The van der Waals surface area contributed by atoms with Gasteiger partial charge in [0.15, 0.2) is 5.79 Å². The van der Waals surface area contributed by atoms with Crippen molar-refractivity contribution in [3.8, 4) is 0 Å². The maximum absolute atomic E-state index is 11.0. The highest BCUT2D eigenvalue weighted by molar-refractivity contribution is 7.86. The third-order valence-electron chi connectivity index (χ3n) is 2.19. The zero-order valence-corrected chi connectivity index (χ0v) is 10.7. The number of ether oxygens (including phenoxy) is 2. The van der Waals surface area contributed by atoms with Crippen LogP contribution in [0.1, 0.15) is 20.8 Å². The summed E-state index contributed by atoms with van der Waals surface area (Å²) in [6, 6.07) is 0. The van der Waals surface area contributed by atoms with Gasteiger partial charge in [0.1, 0.15) is 18.3 Å². The van der Waals surface area contributed by atoms with Gasteiger partial charge in [-0.3, -0.25) is 4.18 Å². The molecule has 1 fully saturated rings. The van der Waals surface area contributed by atoms with Crippen molar-refractivity contribution in [1.82, 2.24) is 0 Å². The van der Waals surface area contributed by atoms with Gasteiger partial charge in [0.25, 0.3) is 10.1 Å². The molecule has 0 spiro atoms. The molecule has 1 aliphatic rings. The Morgan fingerprint density at radius 2 is 2.00 bits per heavy atom. The lowest BCUT2D eigenvalue weighted by molar-refractivity contribution is -0.154. The lowest BCUT2D eigenvalue weighted by Gasteiger charge is -2.21. The van der Waals surface area contributed by atoms with Gasteiger partial charge in [-0.25, -0.2) is 0 Å². The lowest BCUT2D eigenvalue weighted by Crippen LogP contribution is -2.38. The topological polar surface area (TPSA) is 82.1 Å². The summed E-state index contributed by atoms with van der Waals surface area (Å²) in [5.74, 6) is -0.840. The Morgan fingerprint density at radius 3 is 2.44 bits per heavy atom. The van der Waals surface area contributed by atoms with Crippen LogP contribution < -0.4 is 0 Å². The third kappa shape index (κ3) is 3.67. The summed E-state index contributed by atoms with van der Waals surface area (Å²) in [6.45, 7) is 4.72. The molecule has 1 unspecified atom stereocenters. The van der Waals surface area contributed by atoms with E-state index in [9.17, 15) is 8.42 Å². The molecule has 6 nitrogen and oxygen atoms in total. The van der Waals surface area contributed by atoms with Crippen LogP contribution in [0.5, 0.6) is 0 Å². The van der Waals surface area contributed by atoms with Gasteiger partial charge in [0, 0.05) is 0 Å². The smallest absolute Gasteiger partial charge is 0.264 e. The minimum Gasteiger partial charge on any atom is -0.394 e. The molecule has 0 amide bonds. The molecule has 1 aliphatic heterocycles. The van der Waals surface area contributed by atoms with Crippen LogP contribution in [0.2, 0.25) is 0 Å². The highest BCUT2D eigenvalue weighted by Crippen LogP contribution is 2.30. The molecular weight excluding hydrogens is 236 g/mol. The number of aliphatic hydroxyl groups is 1. The highest BCUT2D eigenvalue weighted by Gasteiger charge is 2.44. The van der Waals surface area contributed by atoms with E-state index in [0.29, 0.717) is 0 Å². The molecule has 16 heavy (non-hydrogen) atoms. The average Bonchev–Trinajstić information content (AvgIpc) is 2.38. The zero-order chi connectivity index (χ0) is 12.6. The zero-order valence-electron chi connectivity index (χ0n) is 9.84. The molecule has 1 heterocycles. The van der Waals surface area contributed by atoms with Crippen molar-refractivity contribution in [1.29, 1.82) is 0 Å². The van der Waals surface area contributed by atoms with Crippen molar-refractivity contribution < 1.29 is 27.2 Å². The van der Waals surface area contributed by atoms with Crippen molar-refractivity contribution in [2.75, 3.05) is 12.9 Å². The van der Waals surface area contributed by atoms with E-state index in [1.807, 2.05) is 0 Å². The van der Waals surface area contributed by atoms with E-state index in [-0.39, 0.29) is 6.61 Å². The predicted molar refractivity (Wildman–Crippen MR) is 56.3 cm³/mol. The SMILES string of the molecule is CC(OS(C)(=O)=O)[C@H]1OC(C)(C)O[C@H]1CO. The van der Waals surface area contributed by atoms with E-state index in [1.54, 1.807) is 20.8 Å². The number of hydrogen-bond donors (Lipinski definition) is 1. The minimum absolute atomic E-state index is 0.244. The summed E-state index contributed by atoms with van der Waals surface area (Å²) in [6.07, 6.45) is -0.909. The minimum atomic E-state index is -3.55. The van der Waals surface area contributed by atoms with Gasteiger partial charge in [0.2, 0.25) is 0 Å². The van der Waals surface area contributed by atoms with Crippen LogP contribution in [0, 0.1) is 0 Å². The van der Waals surface area contributed by atoms with Crippen LogP contribution in [0.25, 0.3) is 0 Å². The molecule has 0 saturated carbocycles. The largest absolute Gasteiger partial charge is 0.394 e. The van der Waals surface area contributed by atoms with Crippen molar-refractivity contribution in [3.05, 3.63) is 0 Å². The number of rotatable bonds is 4. The van der Waals surface area contributed by atoms with E-state index < -0.39 is 34.2 Å². The Balaban J connectivity index is 2.72. The summed E-state index contributed by atoms with van der Waals surface area (Å²) in [5, 5.41) is 9.11. The average molecular weight is 254 g/mol. The molecule has 0 radical (unpaired) electrons. The quantitative estimate of drug-likeness (QED) is 0.703. The van der Waals surface area contributed by atoms with Crippen LogP contribution in [-0.2, 0) is 23.8 Å². The molecule has 0 bridgehead atoms. The van der Waals surface area contributed by atoms with E-state index >= 15 is 0 Å². The van der Waals surface area contributed by atoms with Crippen molar-refractivity contribution in [3.63, 3.8) is 0 Å². The first-order valence-corrected chi connectivity index (χ1v) is 6.81. The monoisotopic (exact) mass is 254 g/mol. The fourth-order valence-electron chi connectivity index (χ4n) is 1.73. The first-order valence-electron chi connectivity index (χ1n) is 4.99. The summed E-state index contributed by atoms with van der Waals surface area (Å²) < 4.78 is 37.6. The summed E-state index contributed by atoms with van der Waals surface area (Å²) in [4.78, 5) is 0. The molecule has 0 aromatic heterocycles. The van der Waals surface area contributed by atoms with E-state index in [1.165, 1.54) is 0 Å². The highest BCUT2D eigenvalue weighted by atomic mass is 32.2. The Kier molecular flexibility index (Phi) is 3.96. The van der Waals surface area contributed by atoms with Crippen LogP contribution >= 0.6 is 0 Å². The molecule has 7 heteroatoms. The number of aliphatic hydroxyl groups excluding tert-OH is 1. The molecule has 1 N–H and O–H groups in total. The summed E-state index contributed by atoms with van der Waals surface area (Å²) in [7, 11) is -3.55. The molecule has 0 aromatic rings. The molecule has 1 saturated heterocycles. The molecule has 1 rings (SSSR count). The van der Waals surface area contributed by atoms with E-state index in [4.69, 9.17) is 18.8 Å². The standard InChI is InChI=1S/C9H18O6S/c1-6(15-16(4,11)12)8-7(5-10)13-9(2,3)14-8/h6-8,10H,5H2,1-4H3/t6?,7-,8+/m0/s1. The van der Waals surface area contributed by atoms with Gasteiger partial charge in [-0.1, -0.05) is 0 Å². The van der Waals surface area contributed by atoms with E-state index in [0.717, 1.165) is 6.26 Å². The van der Waals surface area contributed by atoms with Gasteiger partial charge in [0.05, 0.1) is 12.9 Å². The van der Waals surface area contributed by atoms with Crippen molar-refractivity contribution in [2.45, 2.75) is 44.9 Å². The second-order valence-electron chi connectivity index (χ2n) is 4.33. The van der Waals surface area contributed by atoms with Gasteiger partial charge in [-0.2, -0.15) is 8.42 Å². The van der Waals surface area contributed by atoms with E-state index in [2.05, 4.69) is 0 Å². The molecule has 0 aromatic carbocycles. The normalized spacial score (nSPS) is 31.6. The fraction of sp³-hybridized carbons (Fsp3) is 1.00. The molecular formula is C9H18O6S. The second kappa shape index (κ2) is 4.58. The predicted octanol–water partition coefficient (Wildman–Crippen LogP) is -0.137. The van der Waals surface area contributed by atoms with Crippen LogP contribution in [0.3, 0.4) is 0 Å². The van der Waals surface area contributed by atoms with Gasteiger partial charge in [-0.05, 0) is 20.8 Å². The second-order valence-corrected chi connectivity index (χ2v) is 5.93. The fourth-order valence-corrected chi connectivity index (χ4v) is 2.39. The molecule has 0 aliphatic carbocycles. The Morgan fingerprint density at radius 1 is 1.44 bits per heavy atom. The van der Waals surface area contributed by atoms with Gasteiger partial charge < -0.3 is 14.6 Å². The van der Waals surface area contributed by atoms with Crippen LogP contribution in [-0.4, -0.2) is 50.5 Å². The van der Waals surface area contributed by atoms with Crippen molar-refractivity contribution >= 4 is 10.1 Å². The Bertz CT molecular complexity index is 336. The molecule has 96 valence electrons. The number of hydrogen-bond acceptors (Lipinski definition) is 6. The Hall–Kier alpha value is -0.210. The maximum atomic E-state index is 11.0. The van der Waals surface area contributed by atoms with Crippen LogP contribution in [0.4, 0.5) is 0 Å². The first-order chi connectivity index (χ1) is 7.14. The summed E-state index contributed by atoms with van der Waals surface area (Å²) in [5.41, 5.74) is 0.